The van der Waals surface area contributed by atoms with Gasteiger partial charge in [-0.3, -0.25) is 4.99 Å². The molecule has 158 valence electrons. The third-order valence-electron chi connectivity index (χ3n) is 4.75. The van der Waals surface area contributed by atoms with Crippen LogP contribution in [-0.2, 0) is 6.42 Å². The number of anilines is 1. The molecule has 0 spiro atoms. The minimum Gasteiger partial charge on any atom is -0.494 e. The maximum Gasteiger partial charge on any atom is 0.191 e. The molecule has 1 atom stereocenters. The van der Waals surface area contributed by atoms with Gasteiger partial charge in [0.25, 0.3) is 0 Å². The molecule has 1 unspecified atom stereocenters. The van der Waals surface area contributed by atoms with Crippen LogP contribution in [-0.4, -0.2) is 50.3 Å². The highest BCUT2D eigenvalue weighted by Gasteiger charge is 2.25. The number of hydrogen-bond acceptors (Lipinski definition) is 4. The number of hydrogen-bond donors (Lipinski definition) is 2. The zero-order valence-electron chi connectivity index (χ0n) is 16.9. The van der Waals surface area contributed by atoms with E-state index in [1.165, 1.54) is 11.6 Å². The van der Waals surface area contributed by atoms with E-state index in [2.05, 4.69) is 26.7 Å². The zero-order chi connectivity index (χ0) is 19.8. The maximum absolute atomic E-state index is 13.9. The molecule has 1 aromatic carbocycles. The Morgan fingerprint density at radius 1 is 1.31 bits per heavy atom. The van der Waals surface area contributed by atoms with E-state index in [9.17, 15) is 4.39 Å². The summed E-state index contributed by atoms with van der Waals surface area (Å²) in [4.78, 5) is 10.4. The summed E-state index contributed by atoms with van der Waals surface area (Å²) in [6.07, 6.45) is 3.37. The number of nitrogens with zero attached hydrogens (tertiary/aromatic N) is 3. The van der Waals surface area contributed by atoms with E-state index in [1.807, 2.05) is 30.0 Å². The average molecular weight is 513 g/mol. The Bertz CT molecular complexity index is 804. The Balaban J connectivity index is 0.00000300. The predicted octanol–water partition coefficient (Wildman–Crippen LogP) is 3.22. The van der Waals surface area contributed by atoms with E-state index in [0.29, 0.717) is 19.0 Å². The van der Waals surface area contributed by atoms with Crippen molar-refractivity contribution >= 4 is 35.8 Å². The topological polar surface area (TPSA) is 61.8 Å². The first-order valence-corrected chi connectivity index (χ1v) is 9.74. The third kappa shape index (κ3) is 6.45. The molecule has 1 aliphatic rings. The number of guanidine groups is 1. The van der Waals surface area contributed by atoms with Crippen molar-refractivity contribution in [3.63, 3.8) is 0 Å². The van der Waals surface area contributed by atoms with Gasteiger partial charge in [-0.25, -0.2) is 9.37 Å². The number of benzene rings is 1. The highest BCUT2D eigenvalue weighted by Crippen LogP contribution is 2.21. The summed E-state index contributed by atoms with van der Waals surface area (Å²) in [5.41, 5.74) is 1.17. The molecule has 1 saturated heterocycles. The summed E-state index contributed by atoms with van der Waals surface area (Å²) >= 11 is 0. The van der Waals surface area contributed by atoms with Gasteiger partial charge in [0, 0.05) is 38.9 Å². The molecular weight excluding hydrogens is 484 g/mol. The highest BCUT2D eigenvalue weighted by molar-refractivity contribution is 14.0. The molecule has 2 heterocycles. The predicted molar refractivity (Wildman–Crippen MR) is 126 cm³/mol. The van der Waals surface area contributed by atoms with Crippen LogP contribution in [0.25, 0.3) is 0 Å². The Hall–Kier alpha value is -2.10. The summed E-state index contributed by atoms with van der Waals surface area (Å²) in [6, 6.07) is 11.3. The van der Waals surface area contributed by atoms with E-state index >= 15 is 0 Å². The second-order valence-corrected chi connectivity index (χ2v) is 6.67. The van der Waals surface area contributed by atoms with Crippen molar-refractivity contribution in [3.05, 3.63) is 54.0 Å². The van der Waals surface area contributed by atoms with Gasteiger partial charge in [0.2, 0.25) is 0 Å². The fraction of sp³-hybridized carbons (Fsp3) is 0.429. The summed E-state index contributed by atoms with van der Waals surface area (Å²) in [7, 11) is 1.76. The van der Waals surface area contributed by atoms with Crippen LogP contribution in [0.15, 0.2) is 47.6 Å². The lowest BCUT2D eigenvalue weighted by Crippen LogP contribution is -2.45. The quantitative estimate of drug-likeness (QED) is 0.339. The van der Waals surface area contributed by atoms with Gasteiger partial charge >= 0.3 is 0 Å². The Morgan fingerprint density at radius 2 is 2.14 bits per heavy atom. The molecule has 6 nitrogen and oxygen atoms in total. The van der Waals surface area contributed by atoms with Gasteiger partial charge < -0.3 is 20.3 Å². The van der Waals surface area contributed by atoms with Gasteiger partial charge in [-0.2, -0.15) is 0 Å². The third-order valence-corrected chi connectivity index (χ3v) is 4.75. The number of aromatic nitrogens is 1. The minimum atomic E-state index is -0.279. The number of halogens is 2. The fourth-order valence-electron chi connectivity index (χ4n) is 3.39. The zero-order valence-corrected chi connectivity index (χ0v) is 19.2. The van der Waals surface area contributed by atoms with Crippen LogP contribution >= 0.6 is 24.0 Å². The van der Waals surface area contributed by atoms with Crippen LogP contribution in [0.3, 0.4) is 0 Å². The van der Waals surface area contributed by atoms with E-state index < -0.39 is 0 Å². The molecule has 1 aromatic heterocycles. The maximum atomic E-state index is 13.9. The fourth-order valence-corrected chi connectivity index (χ4v) is 3.39. The molecular formula is C21H29FIN5O. The van der Waals surface area contributed by atoms with Gasteiger partial charge in [0.1, 0.15) is 5.75 Å². The lowest BCUT2D eigenvalue weighted by atomic mass is 10.1. The second kappa shape index (κ2) is 11.8. The molecule has 1 aliphatic heterocycles. The van der Waals surface area contributed by atoms with E-state index in [1.54, 1.807) is 19.3 Å². The first-order valence-electron chi connectivity index (χ1n) is 9.74. The van der Waals surface area contributed by atoms with Crippen LogP contribution in [0.4, 0.5) is 10.2 Å². The van der Waals surface area contributed by atoms with Crippen LogP contribution in [0, 0.1) is 5.82 Å². The highest BCUT2D eigenvalue weighted by atomic mass is 127. The molecule has 0 bridgehead atoms. The van der Waals surface area contributed by atoms with Crippen LogP contribution in [0.5, 0.6) is 5.75 Å². The first kappa shape index (κ1) is 23.2. The van der Waals surface area contributed by atoms with Gasteiger partial charge in [-0.15, -0.1) is 24.0 Å². The van der Waals surface area contributed by atoms with Crippen LogP contribution in [0.2, 0.25) is 0 Å². The van der Waals surface area contributed by atoms with Gasteiger partial charge in [-0.05, 0) is 43.5 Å². The number of rotatable bonds is 7. The van der Waals surface area contributed by atoms with Gasteiger partial charge in [-0.1, -0.05) is 18.2 Å². The van der Waals surface area contributed by atoms with Crippen molar-refractivity contribution in [2.45, 2.75) is 25.8 Å². The summed E-state index contributed by atoms with van der Waals surface area (Å²) in [5.74, 6) is 1.82. The van der Waals surface area contributed by atoms with Crippen molar-refractivity contribution in [3.8, 4) is 5.75 Å². The molecule has 2 N–H and O–H groups in total. The lowest BCUT2D eigenvalue weighted by Gasteiger charge is -2.20. The van der Waals surface area contributed by atoms with Crippen molar-refractivity contribution in [2.75, 3.05) is 38.2 Å². The molecule has 0 amide bonds. The number of aliphatic imine (C=N–C) groups is 1. The number of para-hydroxylation sites is 1. The second-order valence-electron chi connectivity index (χ2n) is 6.67. The molecule has 0 saturated carbocycles. The monoisotopic (exact) mass is 513 g/mol. The molecule has 29 heavy (non-hydrogen) atoms. The van der Waals surface area contributed by atoms with Gasteiger partial charge in [0.05, 0.1) is 6.61 Å². The lowest BCUT2D eigenvalue weighted by molar-refractivity contribution is 0.336. The van der Waals surface area contributed by atoms with Crippen molar-refractivity contribution in [2.24, 2.45) is 4.99 Å². The molecule has 1 fully saturated rings. The molecule has 0 radical (unpaired) electrons. The van der Waals surface area contributed by atoms with Crippen LogP contribution in [0.1, 0.15) is 18.9 Å². The van der Waals surface area contributed by atoms with Crippen molar-refractivity contribution < 1.29 is 9.13 Å². The molecule has 8 heteroatoms. The average Bonchev–Trinajstić information content (AvgIpc) is 3.17. The smallest absolute Gasteiger partial charge is 0.191 e. The largest absolute Gasteiger partial charge is 0.494 e. The minimum absolute atomic E-state index is 0. The number of ether oxygens (including phenoxy) is 1. The summed E-state index contributed by atoms with van der Waals surface area (Å²) in [5, 5.41) is 6.78. The van der Waals surface area contributed by atoms with E-state index in [0.717, 1.165) is 37.6 Å². The van der Waals surface area contributed by atoms with Crippen molar-refractivity contribution in [1.82, 2.24) is 15.6 Å². The van der Waals surface area contributed by atoms with Crippen LogP contribution < -0.4 is 20.3 Å². The first-order chi connectivity index (χ1) is 13.7. The summed E-state index contributed by atoms with van der Waals surface area (Å²) in [6.45, 7) is 4.85. The standard InChI is InChI=1S/C21H28FN5O.HI/c1-3-28-19-9-5-4-7-16(19)10-13-25-21(23-2)26-17-11-14-27(15-17)20-18(22)8-6-12-24-20;/h4-9,12,17H,3,10-11,13-15H2,1-2H3,(H2,23,25,26);1H. The Labute approximate surface area is 189 Å². The Kier molecular flexibility index (Phi) is 9.43. The summed E-state index contributed by atoms with van der Waals surface area (Å²) < 4.78 is 19.6. The van der Waals surface area contributed by atoms with E-state index in [4.69, 9.17) is 4.74 Å². The SMILES string of the molecule is CCOc1ccccc1CCNC(=NC)NC1CCN(c2ncccc2F)C1.I. The van der Waals surface area contributed by atoms with Gasteiger partial charge in [0.15, 0.2) is 17.6 Å². The number of nitrogens with one attached hydrogen (secondary N) is 2. The number of pyridine rings is 1. The van der Waals surface area contributed by atoms with Crippen molar-refractivity contribution in [1.29, 1.82) is 0 Å². The molecule has 0 aliphatic carbocycles. The molecule has 3 rings (SSSR count). The van der Waals surface area contributed by atoms with E-state index in [-0.39, 0.29) is 35.8 Å². The normalized spacial score (nSPS) is 16.3. The Morgan fingerprint density at radius 3 is 2.90 bits per heavy atom. The molecule has 2 aromatic rings.